The Kier molecular flexibility index (Phi) is 4.24. The molecule has 0 aliphatic heterocycles. The van der Waals surface area contributed by atoms with Gasteiger partial charge >= 0.3 is 0 Å². The van der Waals surface area contributed by atoms with E-state index in [1.807, 2.05) is 30.3 Å². The maximum absolute atomic E-state index is 9.53. The number of pyridine rings is 2. The van der Waals surface area contributed by atoms with Crippen molar-refractivity contribution >= 4 is 5.82 Å². The number of rotatable bonds is 2. The van der Waals surface area contributed by atoms with E-state index in [1.165, 1.54) is 5.56 Å². The SMILES string of the molecule is CC(C)(C)c1ccc(-c2cc(-c3ccncc3)nc(N)c2C#N)cc1. The van der Waals surface area contributed by atoms with E-state index in [0.717, 1.165) is 22.4 Å². The standard InChI is InChI=1S/C21H20N4/c1-21(2,3)16-6-4-14(5-7-16)17-12-19(15-8-10-24-11-9-15)25-20(23)18(17)13-22/h4-12H,1-3H3,(H2,23,25). The van der Waals surface area contributed by atoms with E-state index < -0.39 is 0 Å². The highest BCUT2D eigenvalue weighted by Gasteiger charge is 2.16. The fourth-order valence-corrected chi connectivity index (χ4v) is 2.73. The average Bonchev–Trinajstić information content (AvgIpc) is 2.61. The number of anilines is 1. The van der Waals surface area contributed by atoms with E-state index >= 15 is 0 Å². The van der Waals surface area contributed by atoms with Gasteiger partial charge in [-0.25, -0.2) is 4.98 Å². The largest absolute Gasteiger partial charge is 0.383 e. The lowest BCUT2D eigenvalue weighted by Gasteiger charge is -2.19. The van der Waals surface area contributed by atoms with Crippen LogP contribution in [0.25, 0.3) is 22.4 Å². The maximum atomic E-state index is 9.53. The van der Waals surface area contributed by atoms with Gasteiger partial charge in [0, 0.05) is 23.5 Å². The highest BCUT2D eigenvalue weighted by molar-refractivity contribution is 5.80. The minimum absolute atomic E-state index is 0.0794. The van der Waals surface area contributed by atoms with E-state index in [-0.39, 0.29) is 11.2 Å². The van der Waals surface area contributed by atoms with E-state index in [9.17, 15) is 5.26 Å². The van der Waals surface area contributed by atoms with Crippen molar-refractivity contribution in [2.75, 3.05) is 5.73 Å². The smallest absolute Gasteiger partial charge is 0.142 e. The first-order chi connectivity index (χ1) is 11.9. The number of hydrogen-bond donors (Lipinski definition) is 1. The van der Waals surface area contributed by atoms with Gasteiger partial charge in [0.2, 0.25) is 0 Å². The Hall–Kier alpha value is -3.19. The number of nitrogen functional groups attached to an aromatic ring is 1. The molecule has 0 fully saturated rings. The summed E-state index contributed by atoms with van der Waals surface area (Å²) in [6.45, 7) is 6.53. The molecule has 3 rings (SSSR count). The van der Waals surface area contributed by atoms with Crippen LogP contribution in [0, 0.1) is 11.3 Å². The van der Waals surface area contributed by atoms with Gasteiger partial charge in [-0.15, -0.1) is 0 Å². The molecule has 0 amide bonds. The normalized spacial score (nSPS) is 11.1. The summed E-state index contributed by atoms with van der Waals surface area (Å²) in [4.78, 5) is 8.41. The van der Waals surface area contributed by atoms with Crippen LogP contribution >= 0.6 is 0 Å². The first-order valence-electron chi connectivity index (χ1n) is 8.12. The molecule has 4 heteroatoms. The van der Waals surface area contributed by atoms with Crippen LogP contribution in [0.4, 0.5) is 5.82 Å². The number of hydrogen-bond acceptors (Lipinski definition) is 4. The molecule has 124 valence electrons. The lowest BCUT2D eigenvalue weighted by molar-refractivity contribution is 0.590. The van der Waals surface area contributed by atoms with Crippen molar-refractivity contribution in [3.63, 3.8) is 0 Å². The summed E-state index contributed by atoms with van der Waals surface area (Å²) < 4.78 is 0. The molecule has 2 heterocycles. The Morgan fingerprint density at radius 2 is 1.60 bits per heavy atom. The first kappa shape index (κ1) is 16.7. The summed E-state index contributed by atoms with van der Waals surface area (Å²) in [5.41, 5.74) is 11.2. The molecule has 0 aliphatic carbocycles. The predicted molar refractivity (Wildman–Crippen MR) is 101 cm³/mol. The number of nitrogens with two attached hydrogens (primary N) is 1. The lowest BCUT2D eigenvalue weighted by Crippen LogP contribution is -2.10. The molecule has 3 aromatic rings. The van der Waals surface area contributed by atoms with Gasteiger partial charge in [0.15, 0.2) is 0 Å². The van der Waals surface area contributed by atoms with Gasteiger partial charge in [-0.05, 0) is 34.7 Å². The van der Waals surface area contributed by atoms with E-state index in [0.29, 0.717) is 5.56 Å². The van der Waals surface area contributed by atoms with Gasteiger partial charge in [-0.3, -0.25) is 4.98 Å². The summed E-state index contributed by atoms with van der Waals surface area (Å²) in [7, 11) is 0. The second kappa shape index (κ2) is 6.37. The average molecular weight is 328 g/mol. The Morgan fingerprint density at radius 1 is 0.960 bits per heavy atom. The summed E-state index contributed by atoms with van der Waals surface area (Å²) in [5.74, 6) is 0.242. The lowest BCUT2D eigenvalue weighted by atomic mass is 9.86. The Bertz CT molecular complexity index is 931. The zero-order valence-corrected chi connectivity index (χ0v) is 14.6. The van der Waals surface area contributed by atoms with Gasteiger partial charge in [-0.1, -0.05) is 45.0 Å². The van der Waals surface area contributed by atoms with Gasteiger partial charge in [0.05, 0.1) is 5.69 Å². The summed E-state index contributed by atoms with van der Waals surface area (Å²) >= 11 is 0. The number of nitrogens with zero attached hydrogens (tertiary/aromatic N) is 3. The van der Waals surface area contributed by atoms with Crippen LogP contribution in [0.2, 0.25) is 0 Å². The third-order valence-corrected chi connectivity index (χ3v) is 4.20. The van der Waals surface area contributed by atoms with E-state index in [4.69, 9.17) is 5.73 Å². The van der Waals surface area contributed by atoms with Crippen molar-refractivity contribution in [3.8, 4) is 28.5 Å². The molecule has 2 N–H and O–H groups in total. The van der Waals surface area contributed by atoms with Crippen LogP contribution < -0.4 is 5.73 Å². The second-order valence-corrected chi connectivity index (χ2v) is 6.99. The molecule has 4 nitrogen and oxygen atoms in total. The topological polar surface area (TPSA) is 75.6 Å². The highest BCUT2D eigenvalue weighted by Crippen LogP contribution is 2.32. The zero-order valence-electron chi connectivity index (χ0n) is 14.6. The van der Waals surface area contributed by atoms with Crippen molar-refractivity contribution in [3.05, 3.63) is 66.0 Å². The molecule has 0 aliphatic rings. The summed E-state index contributed by atoms with van der Waals surface area (Å²) in [6.07, 6.45) is 3.42. The van der Waals surface area contributed by atoms with Crippen molar-refractivity contribution in [1.82, 2.24) is 9.97 Å². The molecule has 25 heavy (non-hydrogen) atoms. The minimum Gasteiger partial charge on any atom is -0.383 e. The third kappa shape index (κ3) is 3.36. The van der Waals surface area contributed by atoms with Crippen molar-refractivity contribution in [2.24, 2.45) is 0 Å². The second-order valence-electron chi connectivity index (χ2n) is 6.99. The molecule has 0 bridgehead atoms. The highest BCUT2D eigenvalue weighted by atomic mass is 14.8. The number of aromatic nitrogens is 2. The molecule has 0 radical (unpaired) electrons. The summed E-state index contributed by atoms with van der Waals surface area (Å²) in [6, 6.07) is 16.1. The van der Waals surface area contributed by atoms with Gasteiger partial charge in [0.1, 0.15) is 17.5 Å². The fourth-order valence-electron chi connectivity index (χ4n) is 2.73. The third-order valence-electron chi connectivity index (χ3n) is 4.20. The molecule has 2 aromatic heterocycles. The van der Waals surface area contributed by atoms with Crippen LogP contribution in [-0.2, 0) is 5.41 Å². The Balaban J connectivity index is 2.15. The predicted octanol–water partition coefficient (Wildman–Crippen LogP) is 4.56. The van der Waals surface area contributed by atoms with Crippen LogP contribution in [0.5, 0.6) is 0 Å². The maximum Gasteiger partial charge on any atom is 0.142 e. The Morgan fingerprint density at radius 3 is 2.16 bits per heavy atom. The van der Waals surface area contributed by atoms with Crippen LogP contribution in [0.3, 0.4) is 0 Å². The van der Waals surface area contributed by atoms with E-state index in [2.05, 4.69) is 48.9 Å². The van der Waals surface area contributed by atoms with Crippen LogP contribution in [0.1, 0.15) is 31.9 Å². The van der Waals surface area contributed by atoms with Gasteiger partial charge < -0.3 is 5.73 Å². The first-order valence-corrected chi connectivity index (χ1v) is 8.12. The molecule has 1 aromatic carbocycles. The quantitative estimate of drug-likeness (QED) is 0.748. The molecular weight excluding hydrogens is 308 g/mol. The summed E-state index contributed by atoms with van der Waals surface area (Å²) in [5, 5.41) is 9.53. The fraction of sp³-hybridized carbons (Fsp3) is 0.190. The molecule has 0 saturated carbocycles. The zero-order chi connectivity index (χ0) is 18.0. The molecule has 0 atom stereocenters. The minimum atomic E-state index is 0.0794. The number of benzene rings is 1. The monoisotopic (exact) mass is 328 g/mol. The van der Waals surface area contributed by atoms with Crippen molar-refractivity contribution in [2.45, 2.75) is 26.2 Å². The molecule has 0 spiro atoms. The van der Waals surface area contributed by atoms with Crippen molar-refractivity contribution in [1.29, 1.82) is 5.26 Å². The van der Waals surface area contributed by atoms with Crippen LogP contribution in [-0.4, -0.2) is 9.97 Å². The number of nitriles is 1. The molecular formula is C21H20N4. The van der Waals surface area contributed by atoms with Crippen molar-refractivity contribution < 1.29 is 0 Å². The Labute approximate surface area is 148 Å². The molecule has 0 saturated heterocycles. The van der Waals surface area contributed by atoms with Gasteiger partial charge in [0.25, 0.3) is 0 Å². The van der Waals surface area contributed by atoms with E-state index in [1.54, 1.807) is 12.4 Å². The van der Waals surface area contributed by atoms with Gasteiger partial charge in [-0.2, -0.15) is 5.26 Å². The van der Waals surface area contributed by atoms with Crippen LogP contribution in [0.15, 0.2) is 54.9 Å². The molecule has 0 unspecified atom stereocenters.